The van der Waals surface area contributed by atoms with E-state index in [1.807, 2.05) is 30.3 Å². The Bertz CT molecular complexity index is 1300. The van der Waals surface area contributed by atoms with Crippen molar-refractivity contribution in [2.24, 2.45) is 0 Å². The third kappa shape index (κ3) is 4.84. The van der Waals surface area contributed by atoms with E-state index in [4.69, 9.17) is 9.47 Å². The van der Waals surface area contributed by atoms with Crippen molar-refractivity contribution in [3.8, 4) is 11.5 Å². The monoisotopic (exact) mass is 503 g/mol. The molecule has 2 aromatic carbocycles. The van der Waals surface area contributed by atoms with Crippen LogP contribution in [0.25, 0.3) is 10.9 Å². The number of ether oxygens (including phenoxy) is 2. The highest BCUT2D eigenvalue weighted by atomic mass is 16.5. The number of carbonyl (C=O) groups is 2. The van der Waals surface area contributed by atoms with Gasteiger partial charge in [-0.3, -0.25) is 9.78 Å². The third-order valence-corrected chi connectivity index (χ3v) is 7.15. The number of hydrogen-bond donors (Lipinski definition) is 2. The Kier molecular flexibility index (Phi) is 6.99. The number of imide groups is 1. The van der Waals surface area contributed by atoms with E-state index in [2.05, 4.69) is 15.6 Å². The van der Waals surface area contributed by atoms with E-state index in [-0.39, 0.29) is 18.5 Å². The van der Waals surface area contributed by atoms with Gasteiger partial charge < -0.3 is 25.0 Å². The number of nitrogens with one attached hydrogen (secondary N) is 2. The van der Waals surface area contributed by atoms with Gasteiger partial charge in [-0.25, -0.2) is 9.69 Å². The lowest BCUT2D eigenvalue weighted by Crippen LogP contribution is -2.43. The Labute approximate surface area is 216 Å². The van der Waals surface area contributed by atoms with E-state index in [1.54, 1.807) is 50.3 Å². The van der Waals surface area contributed by atoms with Crippen LogP contribution in [0.1, 0.15) is 25.8 Å². The minimum absolute atomic E-state index is 0.289. The Morgan fingerprint density at radius 1 is 1.14 bits per heavy atom. The number of hydrogen-bond acceptors (Lipinski definition) is 7. The van der Waals surface area contributed by atoms with E-state index in [1.165, 1.54) is 4.90 Å². The lowest BCUT2D eigenvalue weighted by molar-refractivity contribution is -0.123. The Balaban J connectivity index is 1.36. The van der Waals surface area contributed by atoms with Crippen molar-refractivity contribution < 1.29 is 19.1 Å². The third-order valence-electron chi connectivity index (χ3n) is 7.15. The van der Waals surface area contributed by atoms with Gasteiger partial charge in [0.2, 0.25) is 0 Å². The van der Waals surface area contributed by atoms with Crippen LogP contribution in [0.5, 0.6) is 11.5 Å². The van der Waals surface area contributed by atoms with E-state index in [0.717, 1.165) is 36.0 Å². The van der Waals surface area contributed by atoms with Crippen molar-refractivity contribution in [2.45, 2.75) is 38.4 Å². The smallest absolute Gasteiger partial charge is 0.332 e. The zero-order valence-corrected chi connectivity index (χ0v) is 21.5. The van der Waals surface area contributed by atoms with Crippen molar-refractivity contribution in [3.63, 3.8) is 0 Å². The lowest BCUT2D eigenvalue weighted by Gasteiger charge is -2.28. The second kappa shape index (κ2) is 10.4. The van der Waals surface area contributed by atoms with E-state index >= 15 is 0 Å². The van der Waals surface area contributed by atoms with Crippen molar-refractivity contribution in [2.75, 3.05) is 38.3 Å². The molecule has 3 amide bonds. The number of benzene rings is 2. The summed E-state index contributed by atoms with van der Waals surface area (Å²) < 4.78 is 11.5. The van der Waals surface area contributed by atoms with Crippen LogP contribution >= 0.6 is 0 Å². The standard InChI is InChI=1S/C28H33N5O4/c1-28(2)26(34)33(27(35)32(28)18-19-10-13-31-23-7-5-4-6-22(19)23)21-8-9-24(36-3)25(16-21)37-15-14-30-20-11-12-29-17-20/h4-10,13,16,20,29-30H,11-12,14-15,17-18H2,1-3H3. The van der Waals surface area contributed by atoms with E-state index in [9.17, 15) is 9.59 Å². The van der Waals surface area contributed by atoms with Gasteiger partial charge >= 0.3 is 6.03 Å². The molecule has 1 aromatic heterocycles. The largest absolute Gasteiger partial charge is 0.493 e. The molecule has 1 atom stereocenters. The van der Waals surface area contributed by atoms with Gasteiger partial charge in [-0.15, -0.1) is 0 Å². The Hall–Kier alpha value is -3.69. The summed E-state index contributed by atoms with van der Waals surface area (Å²) in [6, 6.07) is 14.9. The van der Waals surface area contributed by atoms with Crippen LogP contribution < -0.4 is 25.0 Å². The maximum Gasteiger partial charge on any atom is 0.332 e. The van der Waals surface area contributed by atoms with Crippen LogP contribution in [0.2, 0.25) is 0 Å². The second-order valence-corrected chi connectivity index (χ2v) is 9.88. The highest BCUT2D eigenvalue weighted by Crippen LogP contribution is 2.38. The molecule has 3 heterocycles. The normalized spacial score (nSPS) is 19.2. The number of para-hydroxylation sites is 1. The quantitative estimate of drug-likeness (QED) is 0.342. The first kappa shape index (κ1) is 25.0. The molecule has 0 bridgehead atoms. The SMILES string of the molecule is COc1ccc(N2C(=O)N(Cc3ccnc4ccccc34)C(C)(C)C2=O)cc1OCCNC1CCNC1. The summed E-state index contributed by atoms with van der Waals surface area (Å²) >= 11 is 0. The molecule has 0 radical (unpaired) electrons. The molecule has 3 aromatic rings. The van der Waals surface area contributed by atoms with Crippen molar-refractivity contribution in [3.05, 3.63) is 60.3 Å². The van der Waals surface area contributed by atoms with Crippen molar-refractivity contribution in [1.82, 2.24) is 20.5 Å². The molecule has 2 aliphatic heterocycles. The molecule has 0 saturated carbocycles. The number of methoxy groups -OCH3 is 1. The molecule has 9 heteroatoms. The number of fused-ring (bicyclic) bond motifs is 1. The van der Waals surface area contributed by atoms with Gasteiger partial charge in [0.05, 0.1) is 18.3 Å². The number of nitrogens with zero attached hydrogens (tertiary/aromatic N) is 3. The fraction of sp³-hybridized carbons (Fsp3) is 0.393. The average molecular weight is 504 g/mol. The number of rotatable bonds is 9. The number of amides is 3. The molecule has 5 rings (SSSR count). The number of pyridine rings is 1. The first-order valence-electron chi connectivity index (χ1n) is 12.6. The summed E-state index contributed by atoms with van der Waals surface area (Å²) in [6.07, 6.45) is 2.83. The molecule has 2 saturated heterocycles. The predicted octanol–water partition coefficient (Wildman–Crippen LogP) is 3.32. The van der Waals surface area contributed by atoms with Crippen LogP contribution in [0, 0.1) is 0 Å². The first-order valence-corrected chi connectivity index (χ1v) is 12.6. The van der Waals surface area contributed by atoms with Gasteiger partial charge in [-0.1, -0.05) is 18.2 Å². The number of anilines is 1. The van der Waals surface area contributed by atoms with E-state index < -0.39 is 5.54 Å². The molecule has 0 aliphatic carbocycles. The summed E-state index contributed by atoms with van der Waals surface area (Å²) in [5, 5.41) is 7.76. The van der Waals surface area contributed by atoms with Crippen LogP contribution in [-0.2, 0) is 11.3 Å². The highest BCUT2D eigenvalue weighted by Gasteiger charge is 2.52. The molecule has 0 spiro atoms. The number of carbonyl (C=O) groups excluding carboxylic acids is 2. The maximum atomic E-state index is 13.7. The van der Waals surface area contributed by atoms with E-state index in [0.29, 0.717) is 36.4 Å². The van der Waals surface area contributed by atoms with Crippen LogP contribution in [0.4, 0.5) is 10.5 Å². The Morgan fingerprint density at radius 2 is 1.97 bits per heavy atom. The fourth-order valence-corrected chi connectivity index (χ4v) is 4.96. The average Bonchev–Trinajstić information content (AvgIpc) is 3.48. The summed E-state index contributed by atoms with van der Waals surface area (Å²) in [4.78, 5) is 34.5. The minimum atomic E-state index is -1.03. The number of urea groups is 1. The summed E-state index contributed by atoms with van der Waals surface area (Å²) in [6.45, 7) is 6.95. The Morgan fingerprint density at radius 3 is 2.76 bits per heavy atom. The molecule has 194 valence electrons. The predicted molar refractivity (Wildman–Crippen MR) is 142 cm³/mol. The zero-order valence-electron chi connectivity index (χ0n) is 21.5. The fourth-order valence-electron chi connectivity index (χ4n) is 4.96. The van der Waals surface area contributed by atoms with Gasteiger partial charge in [0.15, 0.2) is 11.5 Å². The van der Waals surface area contributed by atoms with Gasteiger partial charge in [0.25, 0.3) is 5.91 Å². The zero-order chi connectivity index (χ0) is 26.0. The second-order valence-electron chi connectivity index (χ2n) is 9.88. The molecular weight excluding hydrogens is 470 g/mol. The highest BCUT2D eigenvalue weighted by molar-refractivity contribution is 6.23. The maximum absolute atomic E-state index is 13.7. The van der Waals surface area contributed by atoms with Crippen molar-refractivity contribution >= 4 is 28.5 Å². The van der Waals surface area contributed by atoms with Gasteiger partial charge in [-0.05, 0) is 56.6 Å². The van der Waals surface area contributed by atoms with Crippen LogP contribution in [0.15, 0.2) is 54.7 Å². The van der Waals surface area contributed by atoms with Gasteiger partial charge in [0.1, 0.15) is 12.1 Å². The molecule has 37 heavy (non-hydrogen) atoms. The molecule has 9 nitrogen and oxygen atoms in total. The van der Waals surface area contributed by atoms with Crippen LogP contribution in [0.3, 0.4) is 0 Å². The molecule has 2 N–H and O–H groups in total. The number of aromatic nitrogens is 1. The van der Waals surface area contributed by atoms with Gasteiger partial charge in [0, 0.05) is 43.3 Å². The first-order chi connectivity index (χ1) is 17.9. The lowest BCUT2D eigenvalue weighted by atomic mass is 10.0. The summed E-state index contributed by atoms with van der Waals surface area (Å²) in [5.41, 5.74) is 1.21. The summed E-state index contributed by atoms with van der Waals surface area (Å²) in [5.74, 6) is 0.746. The topological polar surface area (TPSA) is 96.0 Å². The van der Waals surface area contributed by atoms with Crippen LogP contribution in [-0.4, -0.2) is 66.8 Å². The molecule has 2 aliphatic rings. The summed E-state index contributed by atoms with van der Waals surface area (Å²) in [7, 11) is 1.57. The van der Waals surface area contributed by atoms with Crippen molar-refractivity contribution in [1.29, 1.82) is 0 Å². The molecular formula is C28H33N5O4. The molecule has 2 fully saturated rings. The van der Waals surface area contributed by atoms with Gasteiger partial charge in [-0.2, -0.15) is 0 Å². The molecule has 1 unspecified atom stereocenters. The minimum Gasteiger partial charge on any atom is -0.493 e.